The Morgan fingerprint density at radius 2 is 1.84 bits per heavy atom. The first kappa shape index (κ1) is 27.5. The zero-order valence-corrected chi connectivity index (χ0v) is 23.6. The van der Waals surface area contributed by atoms with Gasteiger partial charge in [-0.05, 0) is 79.3 Å². The molecule has 3 aliphatic rings. The third-order valence-corrected chi connectivity index (χ3v) is 12.2. The summed E-state index contributed by atoms with van der Waals surface area (Å²) < 4.78 is 26.5. The van der Waals surface area contributed by atoms with Gasteiger partial charge in [-0.15, -0.1) is 0 Å². The van der Waals surface area contributed by atoms with E-state index in [0.717, 1.165) is 30.4 Å². The molecule has 6 nitrogen and oxygen atoms in total. The predicted molar refractivity (Wildman–Crippen MR) is 148 cm³/mol. The number of sulfone groups is 1. The Morgan fingerprint density at radius 1 is 1.13 bits per heavy atom. The third-order valence-electron chi connectivity index (χ3n) is 8.88. The number of carboxylic acid groups (broad SMARTS) is 1. The van der Waals surface area contributed by atoms with E-state index < -0.39 is 21.2 Å². The largest absolute Gasteiger partial charge is 0.481 e. The van der Waals surface area contributed by atoms with Gasteiger partial charge in [-0.3, -0.25) is 9.59 Å². The van der Waals surface area contributed by atoms with Crippen LogP contribution in [-0.2, 0) is 19.4 Å². The second-order valence-electron chi connectivity index (χ2n) is 11.6. The van der Waals surface area contributed by atoms with E-state index in [4.69, 9.17) is 23.2 Å². The van der Waals surface area contributed by atoms with Gasteiger partial charge in [0.1, 0.15) is 0 Å². The minimum atomic E-state index is -3.19. The minimum Gasteiger partial charge on any atom is -0.481 e. The maximum Gasteiger partial charge on any atom is 0.304 e. The number of hydrogen-bond acceptors (Lipinski definition) is 4. The first-order valence-corrected chi connectivity index (χ1v) is 15.6. The molecule has 2 saturated carbocycles. The molecule has 1 saturated heterocycles. The van der Waals surface area contributed by atoms with E-state index in [0.29, 0.717) is 29.3 Å². The maximum absolute atomic E-state index is 13.3. The number of hydrogen-bond donors (Lipinski definition) is 2. The van der Waals surface area contributed by atoms with Gasteiger partial charge in [-0.2, -0.15) is 0 Å². The van der Waals surface area contributed by atoms with Crippen molar-refractivity contribution in [3.05, 3.63) is 69.7 Å². The molecule has 2 unspecified atom stereocenters. The number of rotatable bonds is 9. The highest BCUT2D eigenvalue weighted by atomic mass is 35.5. The van der Waals surface area contributed by atoms with Crippen LogP contribution in [-0.4, -0.2) is 41.9 Å². The maximum atomic E-state index is 13.3. The zero-order valence-electron chi connectivity index (χ0n) is 21.3. The van der Waals surface area contributed by atoms with Crippen molar-refractivity contribution in [3.63, 3.8) is 0 Å². The first-order chi connectivity index (χ1) is 18.0. The minimum absolute atomic E-state index is 0.0361. The van der Waals surface area contributed by atoms with Crippen molar-refractivity contribution >= 4 is 44.9 Å². The monoisotopic (exact) mass is 577 g/mol. The lowest BCUT2D eigenvalue weighted by atomic mass is 9.68. The lowest BCUT2D eigenvalue weighted by molar-refractivity contribution is -0.147. The third kappa shape index (κ3) is 5.47. The van der Waals surface area contributed by atoms with Gasteiger partial charge in [0.15, 0.2) is 9.84 Å². The standard InChI is InChI=1S/C29H33Cl2NO5S/c1-29(16-27(33)34)15-24(18-4-2-5-20(31)12-18)25(32-28(29)35)13-22(17-8-10-19(30)11-9-17)23-14-26(23)38(36,37)21-6-3-7-21/h2,4-5,8-12,21-26H,3,6-7,13-16H2,1H3,(H,32,35)(H,33,34)/t22-,23?,24-,25+,26?,29+/m1/s1. The molecule has 1 amide bonds. The SMILES string of the molecule is C[C@@]1(CC(=O)O)C[C@H](c2cccc(Cl)c2)[C@H](C[C@H](c2ccc(Cl)cc2)C2CC2S(=O)(=O)C2CCC2)NC1=O. The zero-order chi connectivity index (χ0) is 27.2. The molecule has 0 aromatic heterocycles. The van der Waals surface area contributed by atoms with Crippen molar-refractivity contribution in [3.8, 4) is 0 Å². The van der Waals surface area contributed by atoms with Crippen LogP contribution < -0.4 is 5.32 Å². The fourth-order valence-corrected chi connectivity index (χ4v) is 9.42. The highest BCUT2D eigenvalue weighted by Crippen LogP contribution is 2.53. The summed E-state index contributed by atoms with van der Waals surface area (Å²) in [5, 5.41) is 13.3. The molecule has 2 aliphatic carbocycles. The average molecular weight is 579 g/mol. The number of piperidine rings is 1. The van der Waals surface area contributed by atoms with Crippen LogP contribution in [0.1, 0.15) is 74.8 Å². The van der Waals surface area contributed by atoms with Crippen molar-refractivity contribution in [1.82, 2.24) is 5.32 Å². The fraction of sp³-hybridized carbons (Fsp3) is 0.517. The number of benzene rings is 2. The van der Waals surface area contributed by atoms with E-state index in [1.54, 1.807) is 13.0 Å². The Balaban J connectivity index is 1.48. The fourth-order valence-electron chi connectivity index (χ4n) is 6.44. The Kier molecular flexibility index (Phi) is 7.57. The molecule has 2 aromatic rings. The molecule has 9 heteroatoms. The number of halogens is 2. The van der Waals surface area contributed by atoms with E-state index in [1.807, 2.05) is 42.5 Å². The molecule has 0 spiro atoms. The summed E-state index contributed by atoms with van der Waals surface area (Å²) in [5.74, 6) is -1.61. The predicted octanol–water partition coefficient (Wildman–Crippen LogP) is 5.98. The van der Waals surface area contributed by atoms with Crippen LogP contribution in [0.4, 0.5) is 0 Å². The van der Waals surface area contributed by atoms with E-state index in [9.17, 15) is 23.1 Å². The smallest absolute Gasteiger partial charge is 0.304 e. The quantitative estimate of drug-likeness (QED) is 0.382. The van der Waals surface area contributed by atoms with Gasteiger partial charge < -0.3 is 10.4 Å². The molecule has 6 atom stereocenters. The van der Waals surface area contributed by atoms with Crippen LogP contribution in [0.2, 0.25) is 10.0 Å². The van der Waals surface area contributed by atoms with Crippen LogP contribution >= 0.6 is 23.2 Å². The van der Waals surface area contributed by atoms with Crippen LogP contribution in [0.15, 0.2) is 48.5 Å². The van der Waals surface area contributed by atoms with Gasteiger partial charge in [0.05, 0.1) is 22.3 Å². The molecule has 38 heavy (non-hydrogen) atoms. The van der Waals surface area contributed by atoms with E-state index in [2.05, 4.69) is 5.32 Å². The van der Waals surface area contributed by atoms with Crippen LogP contribution in [0.5, 0.6) is 0 Å². The van der Waals surface area contributed by atoms with Gasteiger partial charge in [-0.1, -0.05) is 60.8 Å². The van der Waals surface area contributed by atoms with Gasteiger partial charge >= 0.3 is 5.97 Å². The molecule has 3 fully saturated rings. The summed E-state index contributed by atoms with van der Waals surface area (Å²) >= 11 is 12.5. The number of amides is 1. The highest BCUT2D eigenvalue weighted by Gasteiger charge is 2.55. The summed E-state index contributed by atoms with van der Waals surface area (Å²) in [6, 6.07) is 14.7. The Bertz CT molecular complexity index is 1330. The molecule has 0 bridgehead atoms. The van der Waals surface area contributed by atoms with Crippen LogP contribution in [0.3, 0.4) is 0 Å². The number of carbonyl (C=O) groups excluding carboxylic acids is 1. The number of carboxylic acids is 1. The number of aliphatic carboxylic acids is 1. The van der Waals surface area contributed by atoms with E-state index in [1.165, 1.54) is 0 Å². The Labute approximate surface area is 234 Å². The topological polar surface area (TPSA) is 101 Å². The molecular formula is C29H33Cl2NO5S. The second kappa shape index (κ2) is 10.5. The summed E-state index contributed by atoms with van der Waals surface area (Å²) in [4.78, 5) is 24.9. The number of nitrogens with one attached hydrogen (secondary N) is 1. The van der Waals surface area contributed by atoms with Gasteiger partial charge in [-0.25, -0.2) is 8.42 Å². The summed E-state index contributed by atoms with van der Waals surface area (Å²) in [6.07, 6.45) is 3.70. The second-order valence-corrected chi connectivity index (χ2v) is 14.9. The lowest BCUT2D eigenvalue weighted by Crippen LogP contribution is -2.54. The lowest BCUT2D eigenvalue weighted by Gasteiger charge is -2.43. The van der Waals surface area contributed by atoms with Crippen molar-refractivity contribution in [2.45, 2.75) is 80.2 Å². The number of carbonyl (C=O) groups is 2. The highest BCUT2D eigenvalue weighted by molar-refractivity contribution is 7.93. The normalized spacial score (nSPS) is 30.2. The molecule has 1 heterocycles. The van der Waals surface area contributed by atoms with Crippen molar-refractivity contribution in [2.24, 2.45) is 11.3 Å². The van der Waals surface area contributed by atoms with Crippen LogP contribution in [0, 0.1) is 11.3 Å². The summed E-state index contributed by atoms with van der Waals surface area (Å²) in [6.45, 7) is 1.70. The average Bonchev–Trinajstić information content (AvgIpc) is 3.60. The summed E-state index contributed by atoms with van der Waals surface area (Å²) in [5.41, 5.74) is 0.868. The molecule has 2 N–H and O–H groups in total. The Hall–Kier alpha value is -2.09. The van der Waals surface area contributed by atoms with E-state index >= 15 is 0 Å². The van der Waals surface area contributed by atoms with Crippen molar-refractivity contribution in [2.75, 3.05) is 0 Å². The molecule has 0 radical (unpaired) electrons. The summed E-state index contributed by atoms with van der Waals surface area (Å²) in [7, 11) is -3.19. The Morgan fingerprint density at radius 3 is 2.45 bits per heavy atom. The van der Waals surface area contributed by atoms with Gasteiger partial charge in [0.2, 0.25) is 5.91 Å². The van der Waals surface area contributed by atoms with Crippen molar-refractivity contribution in [1.29, 1.82) is 0 Å². The molecule has 1 aliphatic heterocycles. The molecule has 5 rings (SSSR count). The van der Waals surface area contributed by atoms with E-state index in [-0.39, 0.29) is 46.6 Å². The molecule has 204 valence electrons. The first-order valence-electron chi connectivity index (χ1n) is 13.2. The van der Waals surface area contributed by atoms with Gasteiger partial charge in [0.25, 0.3) is 0 Å². The van der Waals surface area contributed by atoms with Crippen LogP contribution in [0.25, 0.3) is 0 Å². The molecule has 2 aromatic carbocycles. The van der Waals surface area contributed by atoms with Crippen molar-refractivity contribution < 1.29 is 23.1 Å². The molecular weight excluding hydrogens is 545 g/mol. The van der Waals surface area contributed by atoms with Gasteiger partial charge in [0, 0.05) is 22.0 Å².